The summed E-state index contributed by atoms with van der Waals surface area (Å²) >= 11 is 0. The maximum absolute atomic E-state index is 12.3. The van der Waals surface area contributed by atoms with Crippen LogP contribution >= 0.6 is 0 Å². The largest absolute Gasteiger partial charge is 0.416 e. The van der Waals surface area contributed by atoms with Crippen LogP contribution in [-0.4, -0.2) is 6.29 Å². The Balaban J connectivity index is 2.40. The van der Waals surface area contributed by atoms with Gasteiger partial charge in [-0.3, -0.25) is 0 Å². The Morgan fingerprint density at radius 2 is 2.07 bits per heavy atom. The van der Waals surface area contributed by atoms with Crippen molar-refractivity contribution in [3.8, 4) is 0 Å². The van der Waals surface area contributed by atoms with E-state index in [1.807, 2.05) is 0 Å². The zero-order valence-corrected chi connectivity index (χ0v) is 7.14. The zero-order valence-electron chi connectivity index (χ0n) is 7.14. The van der Waals surface area contributed by atoms with Crippen molar-refractivity contribution < 1.29 is 18.0 Å². The molecule has 0 saturated heterocycles. The second-order valence-corrected chi connectivity index (χ2v) is 3.36. The first kappa shape index (κ1) is 9.24. The Morgan fingerprint density at radius 3 is 2.64 bits per heavy atom. The summed E-state index contributed by atoms with van der Waals surface area (Å²) in [5, 5.41) is 0. The van der Waals surface area contributed by atoms with Crippen molar-refractivity contribution in [3.05, 3.63) is 34.9 Å². The smallest absolute Gasteiger partial charge is 0.303 e. The number of benzene rings is 1. The lowest BCUT2D eigenvalue weighted by Gasteiger charge is -2.26. The van der Waals surface area contributed by atoms with Gasteiger partial charge >= 0.3 is 6.18 Å². The lowest BCUT2D eigenvalue weighted by molar-refractivity contribution is -0.137. The second-order valence-electron chi connectivity index (χ2n) is 3.36. The van der Waals surface area contributed by atoms with Crippen molar-refractivity contribution >= 4 is 6.29 Å². The van der Waals surface area contributed by atoms with E-state index in [0.29, 0.717) is 18.3 Å². The third-order valence-corrected chi connectivity index (χ3v) is 2.48. The van der Waals surface area contributed by atoms with Gasteiger partial charge in [-0.2, -0.15) is 13.2 Å². The van der Waals surface area contributed by atoms with Crippen molar-refractivity contribution in [2.45, 2.75) is 18.5 Å². The number of alkyl halides is 3. The lowest BCUT2D eigenvalue weighted by Crippen LogP contribution is -2.19. The SMILES string of the molecule is O=CC1Cc2ccc(C(F)(F)F)cc21. The number of rotatable bonds is 1. The number of aldehydes is 1. The molecule has 0 spiro atoms. The van der Waals surface area contributed by atoms with Crippen molar-refractivity contribution in [2.24, 2.45) is 0 Å². The first-order chi connectivity index (χ1) is 6.52. The van der Waals surface area contributed by atoms with E-state index in [-0.39, 0.29) is 5.92 Å². The predicted molar refractivity (Wildman–Crippen MR) is 44.0 cm³/mol. The summed E-state index contributed by atoms with van der Waals surface area (Å²) in [6.45, 7) is 0. The number of fused-ring (bicyclic) bond motifs is 1. The molecule has 0 heterocycles. The maximum atomic E-state index is 12.3. The predicted octanol–water partition coefficient (Wildman–Crippen LogP) is 2.54. The fourth-order valence-electron chi connectivity index (χ4n) is 1.64. The first-order valence-corrected chi connectivity index (χ1v) is 4.17. The molecular weight excluding hydrogens is 193 g/mol. The Hall–Kier alpha value is -1.32. The van der Waals surface area contributed by atoms with Gasteiger partial charge in [0.1, 0.15) is 6.29 Å². The molecule has 74 valence electrons. The van der Waals surface area contributed by atoms with E-state index in [1.165, 1.54) is 6.07 Å². The van der Waals surface area contributed by atoms with E-state index < -0.39 is 11.7 Å². The van der Waals surface area contributed by atoms with Crippen LogP contribution in [0.15, 0.2) is 18.2 Å². The van der Waals surface area contributed by atoms with Gasteiger partial charge < -0.3 is 4.79 Å². The Morgan fingerprint density at radius 1 is 1.36 bits per heavy atom. The highest BCUT2D eigenvalue weighted by molar-refractivity contribution is 5.69. The molecule has 0 radical (unpaired) electrons. The summed E-state index contributed by atoms with van der Waals surface area (Å²) < 4.78 is 36.8. The fraction of sp³-hybridized carbons (Fsp3) is 0.300. The van der Waals surface area contributed by atoms with Gasteiger partial charge in [-0.05, 0) is 29.7 Å². The molecule has 4 heteroatoms. The third-order valence-electron chi connectivity index (χ3n) is 2.48. The van der Waals surface area contributed by atoms with E-state index in [4.69, 9.17) is 0 Å². The summed E-state index contributed by atoms with van der Waals surface area (Å²) in [5.74, 6) is -0.340. The summed E-state index contributed by atoms with van der Waals surface area (Å²) in [4.78, 5) is 10.4. The molecule has 0 bridgehead atoms. The molecule has 0 aliphatic heterocycles. The van der Waals surface area contributed by atoms with Crippen LogP contribution in [0.25, 0.3) is 0 Å². The average Bonchev–Trinajstić information content (AvgIpc) is 2.05. The van der Waals surface area contributed by atoms with E-state index in [0.717, 1.165) is 17.7 Å². The van der Waals surface area contributed by atoms with Gasteiger partial charge in [-0.15, -0.1) is 0 Å². The van der Waals surface area contributed by atoms with Gasteiger partial charge in [-0.25, -0.2) is 0 Å². The lowest BCUT2D eigenvalue weighted by atomic mass is 9.78. The van der Waals surface area contributed by atoms with Crippen LogP contribution in [0.5, 0.6) is 0 Å². The molecule has 0 saturated carbocycles. The highest BCUT2D eigenvalue weighted by Gasteiger charge is 2.34. The summed E-state index contributed by atoms with van der Waals surface area (Å²) in [6.07, 6.45) is -3.06. The second kappa shape index (κ2) is 2.83. The quantitative estimate of drug-likeness (QED) is 0.636. The number of carbonyl (C=O) groups excluding carboxylic acids is 1. The molecule has 0 amide bonds. The summed E-state index contributed by atoms with van der Waals surface area (Å²) in [7, 11) is 0. The van der Waals surface area contributed by atoms with Crippen LogP contribution in [0, 0.1) is 0 Å². The number of hydrogen-bond acceptors (Lipinski definition) is 1. The van der Waals surface area contributed by atoms with E-state index in [1.54, 1.807) is 0 Å². The minimum Gasteiger partial charge on any atom is -0.303 e. The van der Waals surface area contributed by atoms with Gasteiger partial charge in [-0.1, -0.05) is 6.07 Å². The van der Waals surface area contributed by atoms with Crippen molar-refractivity contribution in [1.82, 2.24) is 0 Å². The van der Waals surface area contributed by atoms with Crippen LogP contribution in [0.4, 0.5) is 13.2 Å². The molecule has 1 aliphatic carbocycles. The molecule has 0 N–H and O–H groups in total. The average molecular weight is 200 g/mol. The van der Waals surface area contributed by atoms with Crippen LogP contribution in [0.1, 0.15) is 22.6 Å². The fourth-order valence-corrected chi connectivity index (χ4v) is 1.64. The molecular formula is C10H7F3O. The molecule has 1 nitrogen and oxygen atoms in total. The highest BCUT2D eigenvalue weighted by Crippen LogP contribution is 2.38. The van der Waals surface area contributed by atoms with Crippen LogP contribution in [0.2, 0.25) is 0 Å². The minimum atomic E-state index is -4.32. The number of carbonyl (C=O) groups is 1. The summed E-state index contributed by atoms with van der Waals surface area (Å²) in [5.41, 5.74) is 0.688. The molecule has 1 aliphatic rings. The van der Waals surface area contributed by atoms with Gasteiger partial charge in [0.25, 0.3) is 0 Å². The van der Waals surface area contributed by atoms with Gasteiger partial charge in [0.05, 0.1) is 5.56 Å². The van der Waals surface area contributed by atoms with Gasteiger partial charge in [0, 0.05) is 5.92 Å². The maximum Gasteiger partial charge on any atom is 0.416 e. The molecule has 1 aromatic carbocycles. The standard InChI is InChI=1S/C10H7F3O/c11-10(12,13)8-2-1-6-3-7(5-14)9(6)4-8/h1-2,4-5,7H,3H2. The Kier molecular flexibility index (Phi) is 1.87. The molecule has 1 atom stereocenters. The Bertz CT molecular complexity index is 381. The van der Waals surface area contributed by atoms with Gasteiger partial charge in [0.2, 0.25) is 0 Å². The molecule has 14 heavy (non-hydrogen) atoms. The number of hydrogen-bond donors (Lipinski definition) is 0. The number of halogens is 3. The zero-order chi connectivity index (χ0) is 10.3. The first-order valence-electron chi connectivity index (χ1n) is 4.17. The minimum absolute atomic E-state index is 0.340. The molecule has 2 rings (SSSR count). The van der Waals surface area contributed by atoms with Crippen molar-refractivity contribution in [1.29, 1.82) is 0 Å². The van der Waals surface area contributed by atoms with E-state index >= 15 is 0 Å². The topological polar surface area (TPSA) is 17.1 Å². The monoisotopic (exact) mass is 200 g/mol. The normalized spacial score (nSPS) is 19.8. The molecule has 0 fully saturated rings. The van der Waals surface area contributed by atoms with E-state index in [9.17, 15) is 18.0 Å². The molecule has 0 aromatic heterocycles. The molecule has 1 unspecified atom stereocenters. The molecule has 1 aromatic rings. The third kappa shape index (κ3) is 1.31. The Labute approximate surface area is 78.5 Å². The van der Waals surface area contributed by atoms with Crippen molar-refractivity contribution in [2.75, 3.05) is 0 Å². The van der Waals surface area contributed by atoms with Crippen LogP contribution in [-0.2, 0) is 17.4 Å². The van der Waals surface area contributed by atoms with Crippen molar-refractivity contribution in [3.63, 3.8) is 0 Å². The highest BCUT2D eigenvalue weighted by atomic mass is 19.4. The van der Waals surface area contributed by atoms with Crippen LogP contribution < -0.4 is 0 Å². The summed E-state index contributed by atoms with van der Waals surface area (Å²) in [6, 6.07) is 3.57. The van der Waals surface area contributed by atoms with Gasteiger partial charge in [0.15, 0.2) is 0 Å². The van der Waals surface area contributed by atoms with Crippen LogP contribution in [0.3, 0.4) is 0 Å². The van der Waals surface area contributed by atoms with E-state index in [2.05, 4.69) is 0 Å².